The van der Waals surface area contributed by atoms with Gasteiger partial charge in [-0.3, -0.25) is 9.48 Å². The Hall–Kier alpha value is -3.73. The Morgan fingerprint density at radius 1 is 0.929 bits per heavy atom. The first-order valence-corrected chi connectivity index (χ1v) is 9.04. The SMILES string of the molecule is Cc1ccc(C(=O)Nc2ccc(-c3cc(-c4ccccc4)nn3C)cn2)cc1. The fraction of sp³-hybridized carbons (Fsp3) is 0.0870. The van der Waals surface area contributed by atoms with E-state index >= 15 is 0 Å². The van der Waals surface area contributed by atoms with Crippen LogP contribution in [0.5, 0.6) is 0 Å². The second-order valence-electron chi connectivity index (χ2n) is 6.66. The molecule has 0 aliphatic rings. The molecule has 28 heavy (non-hydrogen) atoms. The molecule has 0 aliphatic heterocycles. The van der Waals surface area contributed by atoms with Crippen LogP contribution in [0.1, 0.15) is 15.9 Å². The molecule has 0 bridgehead atoms. The maximum Gasteiger partial charge on any atom is 0.256 e. The number of benzene rings is 2. The minimum atomic E-state index is -0.174. The summed E-state index contributed by atoms with van der Waals surface area (Å²) in [4.78, 5) is 16.7. The Balaban J connectivity index is 1.53. The Morgan fingerprint density at radius 3 is 2.36 bits per heavy atom. The number of rotatable bonds is 4. The highest BCUT2D eigenvalue weighted by Gasteiger charge is 2.11. The molecule has 0 aliphatic carbocycles. The maximum absolute atomic E-state index is 12.3. The van der Waals surface area contributed by atoms with Crippen molar-refractivity contribution in [2.45, 2.75) is 6.92 Å². The molecule has 1 amide bonds. The van der Waals surface area contributed by atoms with E-state index in [0.29, 0.717) is 11.4 Å². The van der Waals surface area contributed by atoms with E-state index in [1.54, 1.807) is 24.4 Å². The summed E-state index contributed by atoms with van der Waals surface area (Å²) in [6, 6.07) is 23.3. The molecule has 1 N–H and O–H groups in total. The molecule has 0 saturated carbocycles. The van der Waals surface area contributed by atoms with Crippen molar-refractivity contribution in [1.29, 1.82) is 0 Å². The summed E-state index contributed by atoms with van der Waals surface area (Å²) in [5.74, 6) is 0.340. The van der Waals surface area contributed by atoms with Crippen LogP contribution in [0.15, 0.2) is 79.0 Å². The van der Waals surface area contributed by atoms with Crippen LogP contribution >= 0.6 is 0 Å². The molecule has 0 unspecified atom stereocenters. The molecule has 0 radical (unpaired) electrons. The molecule has 0 atom stereocenters. The molecule has 0 saturated heterocycles. The largest absolute Gasteiger partial charge is 0.307 e. The van der Waals surface area contributed by atoms with E-state index in [1.165, 1.54) is 0 Å². The monoisotopic (exact) mass is 368 g/mol. The third-order valence-corrected chi connectivity index (χ3v) is 4.56. The number of nitrogens with one attached hydrogen (secondary N) is 1. The van der Waals surface area contributed by atoms with E-state index < -0.39 is 0 Å². The lowest BCUT2D eigenvalue weighted by atomic mass is 10.1. The van der Waals surface area contributed by atoms with Gasteiger partial charge in [-0.15, -0.1) is 0 Å². The first kappa shape index (κ1) is 17.7. The number of hydrogen-bond donors (Lipinski definition) is 1. The number of anilines is 1. The second kappa shape index (κ2) is 7.48. The Kier molecular flexibility index (Phi) is 4.72. The number of carbonyl (C=O) groups excluding carboxylic acids is 1. The van der Waals surface area contributed by atoms with E-state index in [4.69, 9.17) is 0 Å². The van der Waals surface area contributed by atoms with Crippen molar-refractivity contribution < 1.29 is 4.79 Å². The van der Waals surface area contributed by atoms with E-state index in [-0.39, 0.29) is 5.91 Å². The van der Waals surface area contributed by atoms with Crippen LogP contribution < -0.4 is 5.32 Å². The molecule has 2 heterocycles. The van der Waals surface area contributed by atoms with Gasteiger partial charge in [-0.05, 0) is 37.3 Å². The van der Waals surface area contributed by atoms with Crippen LogP contribution in [0.4, 0.5) is 5.82 Å². The van der Waals surface area contributed by atoms with Gasteiger partial charge in [0.15, 0.2) is 0 Å². The number of carbonyl (C=O) groups is 1. The quantitative estimate of drug-likeness (QED) is 0.567. The summed E-state index contributed by atoms with van der Waals surface area (Å²) in [6.07, 6.45) is 1.75. The van der Waals surface area contributed by atoms with E-state index in [1.807, 2.05) is 73.3 Å². The van der Waals surface area contributed by atoms with Crippen LogP contribution in [0.25, 0.3) is 22.5 Å². The number of hydrogen-bond acceptors (Lipinski definition) is 3. The number of amides is 1. The number of nitrogens with zero attached hydrogens (tertiary/aromatic N) is 3. The Morgan fingerprint density at radius 2 is 1.68 bits per heavy atom. The summed E-state index contributed by atoms with van der Waals surface area (Å²) in [5, 5.41) is 7.42. The molecule has 138 valence electrons. The van der Waals surface area contributed by atoms with Gasteiger partial charge in [0.2, 0.25) is 0 Å². The van der Waals surface area contributed by atoms with Crippen molar-refractivity contribution in [3.05, 3.63) is 90.1 Å². The van der Waals surface area contributed by atoms with Gasteiger partial charge in [0.1, 0.15) is 5.82 Å². The van der Waals surface area contributed by atoms with Crippen molar-refractivity contribution in [3.63, 3.8) is 0 Å². The van der Waals surface area contributed by atoms with Gasteiger partial charge in [0.25, 0.3) is 5.91 Å². The fourth-order valence-corrected chi connectivity index (χ4v) is 3.00. The summed E-state index contributed by atoms with van der Waals surface area (Å²) in [7, 11) is 1.91. The van der Waals surface area contributed by atoms with Gasteiger partial charge in [-0.25, -0.2) is 4.98 Å². The van der Waals surface area contributed by atoms with Crippen molar-refractivity contribution in [3.8, 4) is 22.5 Å². The Labute approximate surface area is 163 Å². The molecule has 2 aromatic carbocycles. The van der Waals surface area contributed by atoms with Crippen molar-refractivity contribution in [1.82, 2.24) is 14.8 Å². The van der Waals surface area contributed by atoms with Crippen LogP contribution in [0, 0.1) is 6.92 Å². The molecule has 0 spiro atoms. The lowest BCUT2D eigenvalue weighted by Crippen LogP contribution is -2.12. The maximum atomic E-state index is 12.3. The summed E-state index contributed by atoms with van der Waals surface area (Å²) in [5.41, 5.74) is 5.60. The third-order valence-electron chi connectivity index (χ3n) is 4.56. The molecular weight excluding hydrogens is 348 g/mol. The Bertz CT molecular complexity index is 1100. The zero-order valence-electron chi connectivity index (χ0n) is 15.8. The fourth-order valence-electron chi connectivity index (χ4n) is 3.00. The van der Waals surface area contributed by atoms with Crippen LogP contribution in [-0.4, -0.2) is 20.7 Å². The second-order valence-corrected chi connectivity index (χ2v) is 6.66. The first-order chi connectivity index (χ1) is 13.6. The molecule has 2 aromatic heterocycles. The van der Waals surface area contributed by atoms with Gasteiger partial charge < -0.3 is 5.32 Å². The normalized spacial score (nSPS) is 10.6. The highest BCUT2D eigenvalue weighted by Crippen LogP contribution is 2.25. The molecule has 5 nitrogen and oxygen atoms in total. The van der Waals surface area contributed by atoms with Crippen LogP contribution in [-0.2, 0) is 7.05 Å². The van der Waals surface area contributed by atoms with Crippen LogP contribution in [0.3, 0.4) is 0 Å². The smallest absolute Gasteiger partial charge is 0.256 e. The summed E-state index contributed by atoms with van der Waals surface area (Å²) >= 11 is 0. The average Bonchev–Trinajstić information content (AvgIpc) is 3.11. The van der Waals surface area contributed by atoms with Crippen molar-refractivity contribution in [2.24, 2.45) is 7.05 Å². The first-order valence-electron chi connectivity index (χ1n) is 9.04. The predicted octanol–water partition coefficient (Wildman–Crippen LogP) is 4.71. The lowest BCUT2D eigenvalue weighted by molar-refractivity contribution is 0.102. The van der Waals surface area contributed by atoms with Crippen LogP contribution in [0.2, 0.25) is 0 Å². The standard InChI is InChI=1S/C23H20N4O/c1-16-8-10-18(11-9-16)23(28)25-22-13-12-19(15-24-22)21-14-20(26-27(21)2)17-6-4-3-5-7-17/h3-15H,1-2H3,(H,24,25,28). The van der Waals surface area contributed by atoms with Gasteiger partial charge in [-0.1, -0.05) is 48.0 Å². The molecule has 4 aromatic rings. The average molecular weight is 368 g/mol. The van der Waals surface area contributed by atoms with E-state index in [2.05, 4.69) is 15.4 Å². The van der Waals surface area contributed by atoms with Crippen molar-refractivity contribution >= 4 is 11.7 Å². The molecule has 0 fully saturated rings. The number of aromatic nitrogens is 3. The highest BCUT2D eigenvalue weighted by atomic mass is 16.1. The minimum Gasteiger partial charge on any atom is -0.307 e. The van der Waals surface area contributed by atoms with Crippen molar-refractivity contribution in [2.75, 3.05) is 5.32 Å². The topological polar surface area (TPSA) is 59.8 Å². The van der Waals surface area contributed by atoms with E-state index in [0.717, 1.165) is 28.1 Å². The minimum absolute atomic E-state index is 0.174. The van der Waals surface area contributed by atoms with Gasteiger partial charge in [-0.2, -0.15) is 5.10 Å². The lowest BCUT2D eigenvalue weighted by Gasteiger charge is -2.06. The number of aryl methyl sites for hydroxylation is 2. The zero-order valence-corrected chi connectivity index (χ0v) is 15.8. The third kappa shape index (κ3) is 3.69. The van der Waals surface area contributed by atoms with Gasteiger partial charge >= 0.3 is 0 Å². The van der Waals surface area contributed by atoms with E-state index in [9.17, 15) is 4.79 Å². The predicted molar refractivity (Wildman–Crippen MR) is 111 cm³/mol. The van der Waals surface area contributed by atoms with Gasteiger partial charge in [0, 0.05) is 29.9 Å². The molecular formula is C23H20N4O. The molecule has 4 rings (SSSR count). The highest BCUT2D eigenvalue weighted by molar-refractivity contribution is 6.03. The summed E-state index contributed by atoms with van der Waals surface area (Å²) in [6.45, 7) is 1.99. The zero-order chi connectivity index (χ0) is 19.5. The molecule has 5 heteroatoms. The summed E-state index contributed by atoms with van der Waals surface area (Å²) < 4.78 is 1.84. The number of pyridine rings is 1. The van der Waals surface area contributed by atoms with Gasteiger partial charge in [0.05, 0.1) is 11.4 Å².